The molecule has 0 bridgehead atoms. The van der Waals surface area contributed by atoms with E-state index < -0.39 is 0 Å². The Kier molecular flexibility index (Phi) is 4.69. The maximum absolute atomic E-state index is 12.8. The molecule has 1 aromatic heterocycles. The minimum absolute atomic E-state index is 0.00238. The number of morpholine rings is 1. The Morgan fingerprint density at radius 1 is 1.04 bits per heavy atom. The zero-order valence-corrected chi connectivity index (χ0v) is 14.7. The Balaban J connectivity index is 1.48. The van der Waals surface area contributed by atoms with Gasteiger partial charge < -0.3 is 9.64 Å². The first kappa shape index (κ1) is 16.8. The van der Waals surface area contributed by atoms with E-state index in [1.807, 2.05) is 53.4 Å². The van der Waals surface area contributed by atoms with Crippen LogP contribution in [0.4, 0.5) is 0 Å². The van der Waals surface area contributed by atoms with Crippen molar-refractivity contribution in [1.29, 1.82) is 0 Å². The van der Waals surface area contributed by atoms with Crippen LogP contribution in [0.25, 0.3) is 5.69 Å². The molecular formula is C19H17ClN4O2. The number of hydrogen-bond donors (Lipinski definition) is 0. The van der Waals surface area contributed by atoms with E-state index in [1.54, 1.807) is 17.2 Å². The monoisotopic (exact) mass is 368 g/mol. The van der Waals surface area contributed by atoms with Crippen molar-refractivity contribution in [2.24, 2.45) is 0 Å². The predicted molar refractivity (Wildman–Crippen MR) is 97.4 cm³/mol. The van der Waals surface area contributed by atoms with Crippen molar-refractivity contribution in [1.82, 2.24) is 19.7 Å². The van der Waals surface area contributed by atoms with Gasteiger partial charge in [-0.15, -0.1) is 10.2 Å². The number of carbonyl (C=O) groups excluding carboxylic acids is 1. The summed E-state index contributed by atoms with van der Waals surface area (Å²) in [5.41, 5.74) is 2.58. The molecule has 1 aliphatic heterocycles. The van der Waals surface area contributed by atoms with Gasteiger partial charge in [0.2, 0.25) is 0 Å². The minimum Gasteiger partial charge on any atom is -0.370 e. The summed E-state index contributed by atoms with van der Waals surface area (Å²) in [6.45, 7) is 1.61. The molecule has 1 atom stereocenters. The van der Waals surface area contributed by atoms with Crippen molar-refractivity contribution in [3.63, 3.8) is 0 Å². The molecule has 1 aliphatic rings. The zero-order valence-electron chi connectivity index (χ0n) is 14.0. The normalized spacial score (nSPS) is 17.3. The molecule has 0 aliphatic carbocycles. The largest absolute Gasteiger partial charge is 0.370 e. The van der Waals surface area contributed by atoms with Crippen LogP contribution in [-0.4, -0.2) is 45.3 Å². The molecule has 4 rings (SSSR count). The molecule has 0 radical (unpaired) electrons. The molecule has 1 amide bonds. The standard InChI is InChI=1S/C19H17ClN4O2/c20-16-5-1-14(2-6-16)18-11-23(9-10-26-18)19(25)15-3-7-17(8-4-15)24-12-21-22-13-24/h1-8,12-13,18H,9-11H2/t18-/m0/s1. The van der Waals surface area contributed by atoms with Gasteiger partial charge in [-0.1, -0.05) is 23.7 Å². The van der Waals surface area contributed by atoms with Crippen LogP contribution in [0.15, 0.2) is 61.2 Å². The second-order valence-electron chi connectivity index (χ2n) is 6.08. The Morgan fingerprint density at radius 3 is 2.42 bits per heavy atom. The highest BCUT2D eigenvalue weighted by molar-refractivity contribution is 6.30. The number of benzene rings is 2. The van der Waals surface area contributed by atoms with Gasteiger partial charge in [-0.05, 0) is 42.0 Å². The van der Waals surface area contributed by atoms with Crippen LogP contribution in [0.2, 0.25) is 5.02 Å². The average Bonchev–Trinajstić information content (AvgIpc) is 3.23. The van der Waals surface area contributed by atoms with E-state index in [4.69, 9.17) is 16.3 Å². The predicted octanol–water partition coefficient (Wildman–Crippen LogP) is 3.13. The Morgan fingerprint density at radius 2 is 1.73 bits per heavy atom. The molecule has 0 unspecified atom stereocenters. The molecule has 3 aromatic rings. The number of rotatable bonds is 3. The fourth-order valence-corrected chi connectivity index (χ4v) is 3.13. The van der Waals surface area contributed by atoms with Crippen LogP contribution in [0.3, 0.4) is 0 Å². The summed E-state index contributed by atoms with van der Waals surface area (Å²) in [7, 11) is 0. The van der Waals surface area contributed by atoms with Crippen molar-refractivity contribution >= 4 is 17.5 Å². The fraction of sp³-hybridized carbons (Fsp3) is 0.211. The van der Waals surface area contributed by atoms with Crippen molar-refractivity contribution in [2.45, 2.75) is 6.10 Å². The van der Waals surface area contributed by atoms with Gasteiger partial charge in [0, 0.05) is 22.8 Å². The number of ether oxygens (including phenoxy) is 1. The Bertz CT molecular complexity index is 879. The van der Waals surface area contributed by atoms with Crippen LogP contribution >= 0.6 is 11.6 Å². The lowest BCUT2D eigenvalue weighted by molar-refractivity contribution is -0.0228. The van der Waals surface area contributed by atoms with Gasteiger partial charge in [0.15, 0.2) is 0 Å². The smallest absolute Gasteiger partial charge is 0.254 e. The topological polar surface area (TPSA) is 60.2 Å². The number of hydrogen-bond acceptors (Lipinski definition) is 4. The number of aromatic nitrogens is 3. The summed E-state index contributed by atoms with van der Waals surface area (Å²) in [5.74, 6) is 0.00238. The lowest BCUT2D eigenvalue weighted by Crippen LogP contribution is -2.42. The maximum Gasteiger partial charge on any atom is 0.254 e. The third-order valence-corrected chi connectivity index (χ3v) is 4.68. The van der Waals surface area contributed by atoms with Crippen molar-refractivity contribution in [3.8, 4) is 5.69 Å². The van der Waals surface area contributed by atoms with Crippen molar-refractivity contribution < 1.29 is 9.53 Å². The molecule has 1 fully saturated rings. The van der Waals surface area contributed by atoms with Gasteiger partial charge in [-0.2, -0.15) is 0 Å². The second-order valence-corrected chi connectivity index (χ2v) is 6.51. The van der Waals surface area contributed by atoms with Gasteiger partial charge >= 0.3 is 0 Å². The SMILES string of the molecule is O=C(c1ccc(-n2cnnc2)cc1)N1CCO[C@H](c2ccc(Cl)cc2)C1. The van der Waals surface area contributed by atoms with E-state index >= 15 is 0 Å². The van der Waals surface area contributed by atoms with Crippen molar-refractivity contribution in [3.05, 3.63) is 77.3 Å². The summed E-state index contributed by atoms with van der Waals surface area (Å²) in [4.78, 5) is 14.7. The fourth-order valence-electron chi connectivity index (χ4n) is 3.01. The maximum atomic E-state index is 12.8. The first-order valence-electron chi connectivity index (χ1n) is 8.32. The highest BCUT2D eigenvalue weighted by atomic mass is 35.5. The van der Waals surface area contributed by atoms with Gasteiger partial charge in [-0.3, -0.25) is 9.36 Å². The van der Waals surface area contributed by atoms with Gasteiger partial charge in [0.05, 0.1) is 13.2 Å². The van der Waals surface area contributed by atoms with Gasteiger partial charge in [0.25, 0.3) is 5.91 Å². The van der Waals surface area contributed by atoms with Crippen LogP contribution in [0.5, 0.6) is 0 Å². The first-order valence-corrected chi connectivity index (χ1v) is 8.70. The minimum atomic E-state index is -0.138. The first-order chi connectivity index (χ1) is 12.7. The van der Waals surface area contributed by atoms with Crippen molar-refractivity contribution in [2.75, 3.05) is 19.7 Å². The molecular weight excluding hydrogens is 352 g/mol. The third-order valence-electron chi connectivity index (χ3n) is 4.43. The average molecular weight is 369 g/mol. The van der Waals surface area contributed by atoms with E-state index in [9.17, 15) is 4.79 Å². The lowest BCUT2D eigenvalue weighted by atomic mass is 10.1. The quantitative estimate of drug-likeness (QED) is 0.712. The number of carbonyl (C=O) groups is 1. The number of halogens is 1. The second kappa shape index (κ2) is 7.27. The van der Waals surface area contributed by atoms with E-state index in [1.165, 1.54) is 0 Å². The molecule has 26 heavy (non-hydrogen) atoms. The van der Waals surface area contributed by atoms with Crippen LogP contribution in [0, 0.1) is 0 Å². The molecule has 2 aromatic carbocycles. The highest BCUT2D eigenvalue weighted by Crippen LogP contribution is 2.24. The van der Waals surface area contributed by atoms with Crippen LogP contribution in [-0.2, 0) is 4.74 Å². The molecule has 0 spiro atoms. The van der Waals surface area contributed by atoms with E-state index in [2.05, 4.69) is 10.2 Å². The van der Waals surface area contributed by atoms with Crippen LogP contribution < -0.4 is 0 Å². The highest BCUT2D eigenvalue weighted by Gasteiger charge is 2.26. The molecule has 132 valence electrons. The number of nitrogens with zero attached hydrogens (tertiary/aromatic N) is 4. The molecule has 1 saturated heterocycles. The summed E-state index contributed by atoms with van der Waals surface area (Å²) >= 11 is 5.94. The molecule has 0 saturated carbocycles. The zero-order chi connectivity index (χ0) is 17.9. The third kappa shape index (κ3) is 3.47. The summed E-state index contributed by atoms with van der Waals surface area (Å²) in [6, 6.07) is 15.0. The molecule has 2 heterocycles. The molecule has 0 N–H and O–H groups in total. The van der Waals surface area contributed by atoms with Gasteiger partial charge in [-0.25, -0.2) is 0 Å². The Hall–Kier alpha value is -2.70. The Labute approximate surface area is 156 Å². The summed E-state index contributed by atoms with van der Waals surface area (Å²) in [6.07, 6.45) is 3.10. The molecule has 7 heteroatoms. The summed E-state index contributed by atoms with van der Waals surface area (Å²) in [5, 5.41) is 8.26. The van der Waals surface area contributed by atoms with Crippen LogP contribution in [0.1, 0.15) is 22.0 Å². The van der Waals surface area contributed by atoms with E-state index in [0.717, 1.165) is 11.3 Å². The lowest BCUT2D eigenvalue weighted by Gasteiger charge is -2.33. The molecule has 6 nitrogen and oxygen atoms in total. The van der Waals surface area contributed by atoms with Gasteiger partial charge in [0.1, 0.15) is 18.8 Å². The number of amides is 1. The van der Waals surface area contributed by atoms with E-state index in [-0.39, 0.29) is 12.0 Å². The van der Waals surface area contributed by atoms with E-state index in [0.29, 0.717) is 30.3 Å². The summed E-state index contributed by atoms with van der Waals surface area (Å²) < 4.78 is 7.63.